The van der Waals surface area contributed by atoms with Gasteiger partial charge in [0, 0.05) is 0 Å². The van der Waals surface area contributed by atoms with Gasteiger partial charge in [-0.25, -0.2) is 14.4 Å². The van der Waals surface area contributed by atoms with Crippen molar-refractivity contribution in [3.05, 3.63) is 23.8 Å². The molecule has 0 saturated carbocycles. The van der Waals surface area contributed by atoms with E-state index in [-0.39, 0.29) is 50.3 Å². The van der Waals surface area contributed by atoms with E-state index in [1.165, 1.54) is 18.2 Å². The highest BCUT2D eigenvalue weighted by molar-refractivity contribution is 5.76. The normalized spacial score (nSPS) is 12.9. The zero-order chi connectivity index (χ0) is 27.1. The summed E-state index contributed by atoms with van der Waals surface area (Å²) in [6, 6.07) is 3.18. The molecule has 0 aromatic heterocycles. The third-order valence-corrected chi connectivity index (χ3v) is 4.62. The molecule has 0 aliphatic rings. The fourth-order valence-corrected chi connectivity index (χ4v) is 2.52. The summed E-state index contributed by atoms with van der Waals surface area (Å²) in [4.78, 5) is 47.4. The molecule has 1 unspecified atom stereocenters. The topological polar surface area (TPSA) is 159 Å². The van der Waals surface area contributed by atoms with Crippen LogP contribution in [0.25, 0.3) is 0 Å². The van der Waals surface area contributed by atoms with Crippen molar-refractivity contribution in [3.63, 3.8) is 0 Å². The Hall–Kier alpha value is -3.54. The molecule has 3 atom stereocenters. The number of benzene rings is 1. The van der Waals surface area contributed by atoms with Crippen LogP contribution in [-0.2, 0) is 34.9 Å². The van der Waals surface area contributed by atoms with Crippen LogP contribution in [0.3, 0.4) is 0 Å². The van der Waals surface area contributed by atoms with Gasteiger partial charge < -0.3 is 38.9 Å². The molecule has 0 aliphatic carbocycles. The predicted molar refractivity (Wildman–Crippen MR) is 126 cm³/mol. The SMILES string of the molecule is CCOC(=O)Oc1ccc(C[C@H](N)C(=O)OC[C@H](C)OC(=O)OCC(C)CC)cc1OC(=O)OCC. The van der Waals surface area contributed by atoms with Crippen LogP contribution in [0.5, 0.6) is 11.5 Å². The molecule has 0 spiro atoms. The molecule has 0 heterocycles. The fourth-order valence-electron chi connectivity index (χ4n) is 2.52. The van der Waals surface area contributed by atoms with Crippen molar-refractivity contribution in [3.8, 4) is 11.5 Å². The fraction of sp³-hybridized carbons (Fsp3) is 0.583. The van der Waals surface area contributed by atoms with Crippen LogP contribution in [0.2, 0.25) is 0 Å². The van der Waals surface area contributed by atoms with Gasteiger partial charge in [0.15, 0.2) is 11.5 Å². The Balaban J connectivity index is 2.71. The average Bonchev–Trinajstić information content (AvgIpc) is 2.82. The molecule has 2 N–H and O–H groups in total. The molecular formula is C24H35NO11. The summed E-state index contributed by atoms with van der Waals surface area (Å²) in [5.41, 5.74) is 6.43. The summed E-state index contributed by atoms with van der Waals surface area (Å²) < 4.78 is 34.8. The Labute approximate surface area is 210 Å². The Morgan fingerprint density at radius 1 is 0.806 bits per heavy atom. The van der Waals surface area contributed by atoms with Gasteiger partial charge in [0.05, 0.1) is 19.8 Å². The van der Waals surface area contributed by atoms with Crippen molar-refractivity contribution in [2.24, 2.45) is 11.7 Å². The average molecular weight is 514 g/mol. The molecule has 1 aromatic rings. The van der Waals surface area contributed by atoms with E-state index in [0.717, 1.165) is 6.42 Å². The van der Waals surface area contributed by atoms with Gasteiger partial charge in [-0.05, 0) is 50.8 Å². The first kappa shape index (κ1) is 30.5. The van der Waals surface area contributed by atoms with Crippen LogP contribution in [0.15, 0.2) is 18.2 Å². The van der Waals surface area contributed by atoms with Crippen LogP contribution in [0, 0.1) is 5.92 Å². The molecule has 0 bridgehead atoms. The molecule has 36 heavy (non-hydrogen) atoms. The van der Waals surface area contributed by atoms with Crippen LogP contribution in [0.1, 0.15) is 46.6 Å². The van der Waals surface area contributed by atoms with Gasteiger partial charge in [-0.1, -0.05) is 26.3 Å². The van der Waals surface area contributed by atoms with E-state index in [1.54, 1.807) is 20.8 Å². The Morgan fingerprint density at radius 2 is 1.42 bits per heavy atom. The molecule has 0 fully saturated rings. The summed E-state index contributed by atoms with van der Waals surface area (Å²) >= 11 is 0. The van der Waals surface area contributed by atoms with E-state index in [0.29, 0.717) is 5.56 Å². The van der Waals surface area contributed by atoms with Crippen LogP contribution < -0.4 is 15.2 Å². The van der Waals surface area contributed by atoms with E-state index in [1.807, 2.05) is 13.8 Å². The van der Waals surface area contributed by atoms with E-state index >= 15 is 0 Å². The molecule has 12 heteroatoms. The van der Waals surface area contributed by atoms with Crippen molar-refractivity contribution < 1.29 is 52.3 Å². The lowest BCUT2D eigenvalue weighted by molar-refractivity contribution is -0.148. The Kier molecular flexibility index (Phi) is 13.7. The zero-order valence-electron chi connectivity index (χ0n) is 21.3. The molecule has 1 aromatic carbocycles. The first-order valence-electron chi connectivity index (χ1n) is 11.7. The predicted octanol–water partition coefficient (Wildman–Crippen LogP) is 3.76. The van der Waals surface area contributed by atoms with Gasteiger partial charge in [0.25, 0.3) is 0 Å². The van der Waals surface area contributed by atoms with Crippen molar-refractivity contribution in [1.29, 1.82) is 0 Å². The van der Waals surface area contributed by atoms with Crippen LogP contribution in [-0.4, -0.2) is 63.0 Å². The van der Waals surface area contributed by atoms with Gasteiger partial charge in [-0.3, -0.25) is 4.79 Å². The third kappa shape index (κ3) is 11.7. The number of ether oxygens (including phenoxy) is 7. The molecule has 202 valence electrons. The zero-order valence-corrected chi connectivity index (χ0v) is 21.3. The second kappa shape index (κ2) is 16.2. The number of nitrogens with two attached hydrogens (primary N) is 1. The molecule has 1 rings (SSSR count). The van der Waals surface area contributed by atoms with Crippen LogP contribution >= 0.6 is 0 Å². The van der Waals surface area contributed by atoms with Gasteiger partial charge in [-0.2, -0.15) is 0 Å². The lowest BCUT2D eigenvalue weighted by atomic mass is 10.1. The quantitative estimate of drug-likeness (QED) is 0.231. The highest BCUT2D eigenvalue weighted by Gasteiger charge is 2.21. The number of hydrogen-bond acceptors (Lipinski definition) is 12. The minimum Gasteiger partial charge on any atom is -0.461 e. The molecule has 0 aliphatic heterocycles. The summed E-state index contributed by atoms with van der Waals surface area (Å²) in [6.45, 7) is 8.84. The summed E-state index contributed by atoms with van der Waals surface area (Å²) in [6.07, 6.45) is -2.72. The largest absolute Gasteiger partial charge is 0.513 e. The lowest BCUT2D eigenvalue weighted by Crippen LogP contribution is -2.36. The highest BCUT2D eigenvalue weighted by Crippen LogP contribution is 2.30. The highest BCUT2D eigenvalue weighted by atomic mass is 16.7. The maximum Gasteiger partial charge on any atom is 0.513 e. The van der Waals surface area contributed by atoms with E-state index < -0.39 is 36.6 Å². The second-order valence-corrected chi connectivity index (χ2v) is 7.79. The molecule has 0 saturated heterocycles. The Morgan fingerprint density at radius 3 is 2.00 bits per heavy atom. The van der Waals surface area contributed by atoms with Gasteiger partial charge in [0.1, 0.15) is 18.8 Å². The molecular weight excluding hydrogens is 478 g/mol. The number of rotatable bonds is 13. The van der Waals surface area contributed by atoms with Gasteiger partial charge in [0.2, 0.25) is 0 Å². The van der Waals surface area contributed by atoms with Crippen molar-refractivity contribution >= 4 is 24.4 Å². The van der Waals surface area contributed by atoms with E-state index in [4.69, 9.17) is 38.9 Å². The molecule has 0 radical (unpaired) electrons. The van der Waals surface area contributed by atoms with Gasteiger partial charge in [-0.15, -0.1) is 0 Å². The summed E-state index contributed by atoms with van der Waals surface area (Å²) in [5, 5.41) is 0. The summed E-state index contributed by atoms with van der Waals surface area (Å²) in [5.74, 6) is -0.749. The number of hydrogen-bond donors (Lipinski definition) is 1. The maximum absolute atomic E-state index is 12.3. The van der Waals surface area contributed by atoms with Crippen molar-refractivity contribution in [2.45, 2.75) is 59.6 Å². The number of esters is 1. The summed E-state index contributed by atoms with van der Waals surface area (Å²) in [7, 11) is 0. The third-order valence-electron chi connectivity index (χ3n) is 4.62. The maximum atomic E-state index is 12.3. The smallest absolute Gasteiger partial charge is 0.461 e. The van der Waals surface area contributed by atoms with Crippen molar-refractivity contribution in [2.75, 3.05) is 26.4 Å². The lowest BCUT2D eigenvalue weighted by Gasteiger charge is -2.17. The van der Waals surface area contributed by atoms with Crippen LogP contribution in [0.4, 0.5) is 14.4 Å². The monoisotopic (exact) mass is 513 g/mol. The number of carbonyl (C=O) groups excluding carboxylic acids is 4. The number of carbonyl (C=O) groups is 4. The van der Waals surface area contributed by atoms with E-state index in [9.17, 15) is 19.2 Å². The minimum atomic E-state index is -1.08. The standard InChI is InChI=1S/C24H35NO11/c1-6-15(4)13-33-24(29)34-16(5)14-32-21(26)18(25)11-17-9-10-19(35-22(27)30-7-2)20(12-17)36-23(28)31-8-3/h9-10,12,15-16,18H,6-8,11,13-14,25H2,1-5H3/t15?,16-,18-/m0/s1. The second-order valence-electron chi connectivity index (χ2n) is 7.79. The first-order chi connectivity index (χ1) is 17.1. The van der Waals surface area contributed by atoms with Crippen molar-refractivity contribution in [1.82, 2.24) is 0 Å². The minimum absolute atomic E-state index is 0.00386. The Bertz CT molecular complexity index is 874. The molecule has 12 nitrogen and oxygen atoms in total. The molecule has 0 amide bonds. The van der Waals surface area contributed by atoms with Gasteiger partial charge >= 0.3 is 24.4 Å². The van der Waals surface area contributed by atoms with E-state index in [2.05, 4.69) is 0 Å². The first-order valence-corrected chi connectivity index (χ1v) is 11.7.